The van der Waals surface area contributed by atoms with E-state index in [1.807, 2.05) is 24.3 Å². The van der Waals surface area contributed by atoms with E-state index in [1.54, 1.807) is 29.2 Å². The number of carbonyl (C=O) groups is 3. The summed E-state index contributed by atoms with van der Waals surface area (Å²) < 4.78 is 0. The van der Waals surface area contributed by atoms with E-state index in [0.29, 0.717) is 24.2 Å². The normalized spacial score (nSPS) is 13.3. The summed E-state index contributed by atoms with van der Waals surface area (Å²) >= 11 is 0. The molecule has 1 fully saturated rings. The van der Waals surface area contributed by atoms with E-state index in [2.05, 4.69) is 29.4 Å². The van der Waals surface area contributed by atoms with Crippen molar-refractivity contribution in [1.82, 2.24) is 5.32 Å². The molecule has 0 atom stereocenters. The summed E-state index contributed by atoms with van der Waals surface area (Å²) in [5, 5.41) is 5.41. The van der Waals surface area contributed by atoms with Crippen LogP contribution < -0.4 is 20.4 Å². The van der Waals surface area contributed by atoms with E-state index in [-0.39, 0.29) is 24.3 Å². The second-order valence-electron chi connectivity index (χ2n) is 7.15. The molecule has 158 valence electrons. The molecule has 3 amide bonds. The number of anilines is 3. The minimum atomic E-state index is -0.332. The van der Waals surface area contributed by atoms with E-state index in [4.69, 9.17) is 0 Å². The van der Waals surface area contributed by atoms with Crippen LogP contribution in [-0.4, -0.2) is 43.9 Å². The molecule has 1 saturated heterocycles. The molecular weight excluding hydrogens is 380 g/mol. The Hall–Kier alpha value is -3.35. The SMILES string of the molecule is CCN(CC)c1ccc(NC(=O)CNC(=O)c2ccc(N3CCCC3=O)cc2)cc1. The van der Waals surface area contributed by atoms with Gasteiger partial charge in [0.25, 0.3) is 5.91 Å². The van der Waals surface area contributed by atoms with Gasteiger partial charge in [-0.1, -0.05) is 0 Å². The van der Waals surface area contributed by atoms with Crippen molar-refractivity contribution in [2.45, 2.75) is 26.7 Å². The molecule has 2 aromatic rings. The molecule has 0 aromatic heterocycles. The van der Waals surface area contributed by atoms with E-state index >= 15 is 0 Å². The van der Waals surface area contributed by atoms with Crippen molar-refractivity contribution in [2.75, 3.05) is 41.3 Å². The van der Waals surface area contributed by atoms with Gasteiger partial charge in [-0.25, -0.2) is 0 Å². The maximum absolute atomic E-state index is 12.3. The maximum Gasteiger partial charge on any atom is 0.251 e. The molecule has 0 saturated carbocycles. The van der Waals surface area contributed by atoms with Gasteiger partial charge < -0.3 is 20.4 Å². The van der Waals surface area contributed by atoms with Crippen LogP contribution in [0.1, 0.15) is 37.0 Å². The molecule has 0 spiro atoms. The zero-order valence-corrected chi connectivity index (χ0v) is 17.5. The first kappa shape index (κ1) is 21.4. The van der Waals surface area contributed by atoms with Crippen LogP contribution in [0.5, 0.6) is 0 Å². The smallest absolute Gasteiger partial charge is 0.251 e. The Morgan fingerprint density at radius 2 is 1.67 bits per heavy atom. The Balaban J connectivity index is 1.49. The molecule has 0 radical (unpaired) electrons. The average Bonchev–Trinajstić information content (AvgIpc) is 3.20. The lowest BCUT2D eigenvalue weighted by Gasteiger charge is -2.21. The van der Waals surface area contributed by atoms with Crippen molar-refractivity contribution in [3.05, 3.63) is 54.1 Å². The van der Waals surface area contributed by atoms with E-state index in [9.17, 15) is 14.4 Å². The van der Waals surface area contributed by atoms with Gasteiger partial charge in [-0.2, -0.15) is 0 Å². The lowest BCUT2D eigenvalue weighted by molar-refractivity contribution is -0.117. The molecule has 7 nitrogen and oxygen atoms in total. The first-order valence-electron chi connectivity index (χ1n) is 10.3. The monoisotopic (exact) mass is 408 g/mol. The molecule has 0 bridgehead atoms. The Bertz CT molecular complexity index is 890. The fraction of sp³-hybridized carbons (Fsp3) is 0.348. The van der Waals surface area contributed by atoms with Gasteiger partial charge >= 0.3 is 0 Å². The van der Waals surface area contributed by atoms with Crippen LogP contribution in [0.2, 0.25) is 0 Å². The first-order valence-corrected chi connectivity index (χ1v) is 10.3. The van der Waals surface area contributed by atoms with Crippen LogP contribution in [-0.2, 0) is 9.59 Å². The van der Waals surface area contributed by atoms with Gasteiger partial charge in [0.15, 0.2) is 0 Å². The predicted octanol–water partition coefficient (Wildman–Crippen LogP) is 3.03. The van der Waals surface area contributed by atoms with Crippen molar-refractivity contribution < 1.29 is 14.4 Å². The largest absolute Gasteiger partial charge is 0.372 e. The number of rotatable bonds is 8. The molecule has 2 aromatic carbocycles. The highest BCUT2D eigenvalue weighted by atomic mass is 16.2. The zero-order chi connectivity index (χ0) is 21.5. The van der Waals surface area contributed by atoms with Crippen molar-refractivity contribution in [2.24, 2.45) is 0 Å². The number of hydrogen-bond acceptors (Lipinski definition) is 4. The maximum atomic E-state index is 12.3. The van der Waals surface area contributed by atoms with Crippen molar-refractivity contribution in [3.63, 3.8) is 0 Å². The van der Waals surface area contributed by atoms with Gasteiger partial charge in [0, 0.05) is 48.7 Å². The summed E-state index contributed by atoms with van der Waals surface area (Å²) in [7, 11) is 0. The van der Waals surface area contributed by atoms with Crippen molar-refractivity contribution in [1.29, 1.82) is 0 Å². The summed E-state index contributed by atoms with van der Waals surface area (Å²) in [6, 6.07) is 14.5. The van der Waals surface area contributed by atoms with Crippen LogP contribution in [0.4, 0.5) is 17.1 Å². The van der Waals surface area contributed by atoms with Crippen LogP contribution in [0.3, 0.4) is 0 Å². The van der Waals surface area contributed by atoms with Gasteiger partial charge in [0.1, 0.15) is 0 Å². The average molecular weight is 409 g/mol. The molecule has 1 heterocycles. The van der Waals surface area contributed by atoms with E-state index in [0.717, 1.165) is 30.9 Å². The molecule has 2 N–H and O–H groups in total. The first-order chi connectivity index (χ1) is 14.5. The van der Waals surface area contributed by atoms with Gasteiger partial charge in [-0.15, -0.1) is 0 Å². The number of nitrogens with one attached hydrogen (secondary N) is 2. The number of amides is 3. The van der Waals surface area contributed by atoms with Gasteiger partial charge in [-0.05, 0) is 68.8 Å². The highest BCUT2D eigenvalue weighted by Crippen LogP contribution is 2.21. The Kier molecular flexibility index (Phi) is 7.06. The molecule has 30 heavy (non-hydrogen) atoms. The molecule has 7 heteroatoms. The Labute approximate surface area is 177 Å². The molecule has 0 unspecified atom stereocenters. The summed E-state index contributed by atoms with van der Waals surface area (Å²) in [5.74, 6) is -0.520. The second-order valence-corrected chi connectivity index (χ2v) is 7.15. The fourth-order valence-electron chi connectivity index (χ4n) is 3.53. The lowest BCUT2D eigenvalue weighted by Crippen LogP contribution is -2.33. The number of carbonyl (C=O) groups excluding carboxylic acids is 3. The second kappa shape index (κ2) is 9.91. The molecular formula is C23H28N4O3. The zero-order valence-electron chi connectivity index (χ0n) is 17.5. The van der Waals surface area contributed by atoms with Crippen LogP contribution in [0.25, 0.3) is 0 Å². The minimum absolute atomic E-state index is 0.106. The fourth-order valence-corrected chi connectivity index (χ4v) is 3.53. The quantitative estimate of drug-likeness (QED) is 0.704. The summed E-state index contributed by atoms with van der Waals surface area (Å²) in [6.07, 6.45) is 1.42. The van der Waals surface area contributed by atoms with E-state index < -0.39 is 0 Å². The molecule has 0 aliphatic carbocycles. The highest BCUT2D eigenvalue weighted by Gasteiger charge is 2.21. The topological polar surface area (TPSA) is 81.8 Å². The van der Waals surface area contributed by atoms with Gasteiger partial charge in [-0.3, -0.25) is 14.4 Å². The highest BCUT2D eigenvalue weighted by molar-refractivity contribution is 6.00. The summed E-state index contributed by atoms with van der Waals surface area (Å²) in [5.41, 5.74) is 3.02. The summed E-state index contributed by atoms with van der Waals surface area (Å²) in [4.78, 5) is 40.2. The third kappa shape index (κ3) is 5.17. The number of nitrogens with zero attached hydrogens (tertiary/aromatic N) is 2. The van der Waals surface area contributed by atoms with Crippen molar-refractivity contribution in [3.8, 4) is 0 Å². The summed E-state index contributed by atoms with van der Waals surface area (Å²) in [6.45, 7) is 6.62. The molecule has 1 aliphatic heterocycles. The number of hydrogen-bond donors (Lipinski definition) is 2. The molecule has 1 aliphatic rings. The van der Waals surface area contributed by atoms with Crippen LogP contribution in [0, 0.1) is 0 Å². The lowest BCUT2D eigenvalue weighted by atomic mass is 10.2. The van der Waals surface area contributed by atoms with Gasteiger partial charge in [0.05, 0.1) is 6.54 Å². The van der Waals surface area contributed by atoms with Crippen molar-refractivity contribution >= 4 is 34.8 Å². The predicted molar refractivity (Wildman–Crippen MR) is 119 cm³/mol. The van der Waals surface area contributed by atoms with Gasteiger partial charge in [0.2, 0.25) is 11.8 Å². The van der Waals surface area contributed by atoms with E-state index in [1.165, 1.54) is 0 Å². The molecule has 3 rings (SSSR count). The standard InChI is InChI=1S/C23H28N4O3/c1-3-26(4-2)19-13-9-18(10-14-19)25-21(28)16-24-23(30)17-7-11-20(12-8-17)27-15-5-6-22(27)29/h7-14H,3-6,15-16H2,1-2H3,(H,24,30)(H,25,28). The Morgan fingerprint density at radius 3 is 2.23 bits per heavy atom. The Morgan fingerprint density at radius 1 is 1.00 bits per heavy atom. The van der Waals surface area contributed by atoms with Crippen LogP contribution in [0.15, 0.2) is 48.5 Å². The number of benzene rings is 2. The minimum Gasteiger partial charge on any atom is -0.372 e. The third-order valence-electron chi connectivity index (χ3n) is 5.20. The third-order valence-corrected chi connectivity index (χ3v) is 5.20. The van der Waals surface area contributed by atoms with Crippen LogP contribution >= 0.6 is 0 Å².